The molecule has 0 atom stereocenters. The van der Waals surface area contributed by atoms with Crippen LogP contribution in [0.25, 0.3) is 10.9 Å². The van der Waals surface area contributed by atoms with Crippen molar-refractivity contribution in [3.8, 4) is 5.75 Å². The van der Waals surface area contributed by atoms with Crippen molar-refractivity contribution >= 4 is 33.2 Å². The van der Waals surface area contributed by atoms with Gasteiger partial charge in [0.05, 0.1) is 29.7 Å². The van der Waals surface area contributed by atoms with Gasteiger partial charge in [-0.15, -0.1) is 0 Å². The molecule has 0 saturated carbocycles. The number of fused-ring (bicyclic) bond motifs is 1. The van der Waals surface area contributed by atoms with Crippen molar-refractivity contribution in [1.82, 2.24) is 3.97 Å². The molecule has 0 aliphatic rings. The number of benzene rings is 2. The Balaban J connectivity index is 2.45. The zero-order valence-corrected chi connectivity index (χ0v) is 15.5. The molecule has 0 N–H and O–H groups in total. The van der Waals surface area contributed by atoms with Crippen molar-refractivity contribution in [1.29, 1.82) is 0 Å². The van der Waals surface area contributed by atoms with E-state index in [1.807, 2.05) is 0 Å². The van der Waals surface area contributed by atoms with Crippen molar-refractivity contribution in [3.05, 3.63) is 59.8 Å². The molecule has 27 heavy (non-hydrogen) atoms. The van der Waals surface area contributed by atoms with Gasteiger partial charge < -0.3 is 9.47 Å². The molecule has 0 amide bonds. The number of carbonyl (C=O) groups is 2. The van der Waals surface area contributed by atoms with Crippen LogP contribution < -0.4 is 4.74 Å². The molecule has 0 radical (unpaired) electrons. The summed E-state index contributed by atoms with van der Waals surface area (Å²) in [6.45, 7) is 1.63. The highest BCUT2D eigenvalue weighted by Crippen LogP contribution is 2.32. The number of hydrogen-bond acceptors (Lipinski definition) is 6. The molecule has 0 fully saturated rings. The first kappa shape index (κ1) is 18.7. The van der Waals surface area contributed by atoms with Crippen LogP contribution in [0.3, 0.4) is 0 Å². The van der Waals surface area contributed by atoms with E-state index < -0.39 is 16.0 Å². The van der Waals surface area contributed by atoms with Crippen LogP contribution in [0.1, 0.15) is 27.8 Å². The largest absolute Gasteiger partial charge is 0.497 e. The normalized spacial score (nSPS) is 11.3. The number of methoxy groups -OCH3 is 1. The summed E-state index contributed by atoms with van der Waals surface area (Å²) in [7, 11) is -2.70. The summed E-state index contributed by atoms with van der Waals surface area (Å²) in [4.78, 5) is 24.3. The Labute approximate surface area is 156 Å². The Morgan fingerprint density at radius 1 is 1.15 bits per heavy atom. The van der Waals surface area contributed by atoms with E-state index in [0.717, 1.165) is 3.97 Å². The van der Waals surface area contributed by atoms with E-state index >= 15 is 0 Å². The summed E-state index contributed by atoms with van der Waals surface area (Å²) in [6, 6.07) is 12.2. The van der Waals surface area contributed by atoms with E-state index in [1.165, 1.54) is 31.4 Å². The molecule has 1 heterocycles. The molecule has 0 unspecified atom stereocenters. The van der Waals surface area contributed by atoms with Gasteiger partial charge in [0.25, 0.3) is 10.0 Å². The molecule has 8 heteroatoms. The fourth-order valence-electron chi connectivity index (χ4n) is 2.85. The number of ether oxygens (including phenoxy) is 2. The van der Waals surface area contributed by atoms with Crippen LogP contribution in [0.2, 0.25) is 0 Å². The number of rotatable bonds is 6. The Hall–Kier alpha value is -3.13. The Bertz CT molecular complexity index is 1120. The third-order valence-electron chi connectivity index (χ3n) is 4.04. The first-order valence-corrected chi connectivity index (χ1v) is 9.55. The highest BCUT2D eigenvalue weighted by Gasteiger charge is 2.31. The molecule has 2 aromatic carbocycles. The standard InChI is InChI=1S/C19H17NO6S/c1-3-26-19(22)18-16(12-21)15-11-13(25-2)9-10-17(15)20(18)27(23,24)14-7-5-4-6-8-14/h4-12H,3H2,1-2H3. The summed E-state index contributed by atoms with van der Waals surface area (Å²) in [5, 5.41) is 0.284. The maximum atomic E-state index is 13.3. The number of nitrogens with zero attached hydrogens (tertiary/aromatic N) is 1. The van der Waals surface area contributed by atoms with Gasteiger partial charge >= 0.3 is 5.97 Å². The monoisotopic (exact) mass is 387 g/mol. The van der Waals surface area contributed by atoms with Gasteiger partial charge in [-0.3, -0.25) is 4.79 Å². The second kappa shape index (κ2) is 7.24. The van der Waals surface area contributed by atoms with Crippen molar-refractivity contribution in [2.75, 3.05) is 13.7 Å². The molecule has 7 nitrogen and oxygen atoms in total. The zero-order chi connectivity index (χ0) is 19.6. The number of esters is 1. The van der Waals surface area contributed by atoms with Gasteiger partial charge in [-0.05, 0) is 37.3 Å². The molecule has 0 aliphatic heterocycles. The number of hydrogen-bond donors (Lipinski definition) is 0. The van der Waals surface area contributed by atoms with Gasteiger partial charge in [0.1, 0.15) is 5.75 Å². The lowest BCUT2D eigenvalue weighted by Crippen LogP contribution is -2.21. The fraction of sp³-hybridized carbons (Fsp3) is 0.158. The van der Waals surface area contributed by atoms with Gasteiger partial charge in [0.15, 0.2) is 12.0 Å². The average Bonchev–Trinajstić information content (AvgIpc) is 3.03. The van der Waals surface area contributed by atoms with Crippen LogP contribution >= 0.6 is 0 Å². The molecular formula is C19H17NO6S. The molecule has 0 spiro atoms. The van der Waals surface area contributed by atoms with Crippen LogP contribution in [0.4, 0.5) is 0 Å². The molecule has 3 rings (SSSR count). The van der Waals surface area contributed by atoms with E-state index in [-0.39, 0.29) is 33.7 Å². The quantitative estimate of drug-likeness (QED) is 0.477. The van der Waals surface area contributed by atoms with Crippen LogP contribution in [0.15, 0.2) is 53.4 Å². The predicted molar refractivity (Wildman–Crippen MR) is 98.9 cm³/mol. The summed E-state index contributed by atoms with van der Waals surface area (Å²) >= 11 is 0. The van der Waals surface area contributed by atoms with Crippen molar-refractivity contribution in [2.45, 2.75) is 11.8 Å². The highest BCUT2D eigenvalue weighted by atomic mass is 32.2. The Morgan fingerprint density at radius 3 is 2.44 bits per heavy atom. The predicted octanol–water partition coefficient (Wildman–Crippen LogP) is 2.88. The van der Waals surface area contributed by atoms with Gasteiger partial charge in [-0.25, -0.2) is 17.2 Å². The van der Waals surface area contributed by atoms with Gasteiger partial charge in [-0.1, -0.05) is 18.2 Å². The minimum Gasteiger partial charge on any atom is -0.497 e. The summed E-state index contributed by atoms with van der Waals surface area (Å²) in [5.41, 5.74) is -0.217. The molecule has 0 bridgehead atoms. The second-order valence-electron chi connectivity index (χ2n) is 5.57. The SMILES string of the molecule is CCOC(=O)c1c(C=O)c2cc(OC)ccc2n1S(=O)(=O)c1ccccc1. The maximum absolute atomic E-state index is 13.3. The molecule has 1 aromatic heterocycles. The smallest absolute Gasteiger partial charge is 0.356 e. The Morgan fingerprint density at radius 2 is 1.85 bits per heavy atom. The molecule has 3 aromatic rings. The van der Waals surface area contributed by atoms with E-state index in [1.54, 1.807) is 31.2 Å². The van der Waals surface area contributed by atoms with Crippen molar-refractivity contribution in [2.24, 2.45) is 0 Å². The topological polar surface area (TPSA) is 91.7 Å². The molecule has 0 saturated heterocycles. The number of aldehydes is 1. The first-order valence-electron chi connectivity index (χ1n) is 8.11. The van der Waals surface area contributed by atoms with Crippen molar-refractivity contribution < 1.29 is 27.5 Å². The summed E-state index contributed by atoms with van der Waals surface area (Å²) < 4.78 is 37.6. The minimum atomic E-state index is -4.15. The van der Waals surface area contributed by atoms with E-state index in [0.29, 0.717) is 12.0 Å². The lowest BCUT2D eigenvalue weighted by atomic mass is 10.1. The minimum absolute atomic E-state index is 0.0132. The summed E-state index contributed by atoms with van der Waals surface area (Å²) in [6.07, 6.45) is 0.449. The third-order valence-corrected chi connectivity index (χ3v) is 5.77. The third kappa shape index (κ3) is 3.08. The van der Waals surface area contributed by atoms with Crippen LogP contribution in [-0.2, 0) is 14.8 Å². The molecular weight excluding hydrogens is 370 g/mol. The summed E-state index contributed by atoms with van der Waals surface area (Å²) in [5.74, 6) is -0.468. The second-order valence-corrected chi connectivity index (χ2v) is 7.35. The zero-order valence-electron chi connectivity index (χ0n) is 14.7. The fourth-order valence-corrected chi connectivity index (χ4v) is 4.39. The number of aromatic nitrogens is 1. The lowest BCUT2D eigenvalue weighted by Gasteiger charge is -2.11. The molecule has 0 aliphatic carbocycles. The molecule has 140 valence electrons. The van der Waals surface area contributed by atoms with Crippen LogP contribution in [0, 0.1) is 0 Å². The van der Waals surface area contributed by atoms with E-state index in [2.05, 4.69) is 0 Å². The Kier molecular flexibility index (Phi) is 5.00. The van der Waals surface area contributed by atoms with E-state index in [4.69, 9.17) is 9.47 Å². The number of carbonyl (C=O) groups excluding carboxylic acids is 2. The highest BCUT2D eigenvalue weighted by molar-refractivity contribution is 7.90. The maximum Gasteiger partial charge on any atom is 0.356 e. The lowest BCUT2D eigenvalue weighted by molar-refractivity contribution is 0.0516. The first-order chi connectivity index (χ1) is 13.0. The van der Waals surface area contributed by atoms with Gasteiger partial charge in [0.2, 0.25) is 0 Å². The average molecular weight is 387 g/mol. The van der Waals surface area contributed by atoms with Crippen LogP contribution in [0.5, 0.6) is 5.75 Å². The van der Waals surface area contributed by atoms with E-state index in [9.17, 15) is 18.0 Å². The van der Waals surface area contributed by atoms with Gasteiger partial charge in [0, 0.05) is 5.39 Å². The van der Waals surface area contributed by atoms with Crippen molar-refractivity contribution in [3.63, 3.8) is 0 Å². The van der Waals surface area contributed by atoms with Crippen LogP contribution in [-0.4, -0.2) is 38.4 Å². The van der Waals surface area contributed by atoms with Gasteiger partial charge in [-0.2, -0.15) is 0 Å².